The lowest BCUT2D eigenvalue weighted by Gasteiger charge is -2.32. The Morgan fingerprint density at radius 3 is 3.09 bits per heavy atom. The van der Waals surface area contributed by atoms with E-state index in [1.54, 1.807) is 5.51 Å². The zero-order valence-corrected chi connectivity index (χ0v) is 14.5. The van der Waals surface area contributed by atoms with Crippen LogP contribution in [0.2, 0.25) is 0 Å². The topological polar surface area (TPSA) is 63.9 Å². The number of carbonyl (C=O) groups excluding carboxylic acids is 1. The molecule has 2 aromatic heterocycles. The Balaban J connectivity index is 1.58. The van der Waals surface area contributed by atoms with E-state index in [1.807, 2.05) is 21.2 Å². The van der Waals surface area contributed by atoms with E-state index in [0.29, 0.717) is 17.5 Å². The number of rotatable bonds is 5. The molecule has 0 saturated carbocycles. The van der Waals surface area contributed by atoms with Gasteiger partial charge < -0.3 is 4.90 Å². The minimum atomic E-state index is 0.0510. The SMILES string of the molecule is CC(C)Cc1cn(C[C@@H]2CCCN(C(=O)c3cscn3)C2)nn1. The highest BCUT2D eigenvalue weighted by Crippen LogP contribution is 2.20. The van der Waals surface area contributed by atoms with E-state index in [9.17, 15) is 4.79 Å². The van der Waals surface area contributed by atoms with Crippen LogP contribution in [0.25, 0.3) is 0 Å². The number of carbonyl (C=O) groups is 1. The fraction of sp³-hybridized carbons (Fsp3) is 0.625. The molecular weight excluding hydrogens is 310 g/mol. The van der Waals surface area contributed by atoms with Crippen molar-refractivity contribution in [1.29, 1.82) is 0 Å². The van der Waals surface area contributed by atoms with Crippen LogP contribution in [0, 0.1) is 11.8 Å². The quantitative estimate of drug-likeness (QED) is 0.843. The number of piperidine rings is 1. The molecule has 1 amide bonds. The lowest BCUT2D eigenvalue weighted by atomic mass is 9.98. The standard InChI is InChI=1S/C16H23N5OS/c1-12(2)6-14-9-21(19-18-14)8-13-4-3-5-20(7-13)16(22)15-10-23-11-17-15/h9-13H,3-8H2,1-2H3/t13-/m1/s1. The van der Waals surface area contributed by atoms with Crippen molar-refractivity contribution in [2.45, 2.75) is 39.7 Å². The van der Waals surface area contributed by atoms with Crippen molar-refractivity contribution in [2.24, 2.45) is 11.8 Å². The first kappa shape index (κ1) is 16.1. The molecule has 0 aromatic carbocycles. The Morgan fingerprint density at radius 1 is 1.48 bits per heavy atom. The molecule has 7 heteroatoms. The molecule has 1 saturated heterocycles. The van der Waals surface area contributed by atoms with E-state index in [-0.39, 0.29) is 5.91 Å². The maximum absolute atomic E-state index is 12.4. The van der Waals surface area contributed by atoms with Gasteiger partial charge in [-0.15, -0.1) is 16.4 Å². The van der Waals surface area contributed by atoms with Crippen LogP contribution in [0.5, 0.6) is 0 Å². The molecule has 0 aliphatic carbocycles. The Morgan fingerprint density at radius 2 is 2.35 bits per heavy atom. The van der Waals surface area contributed by atoms with Gasteiger partial charge in [-0.1, -0.05) is 19.1 Å². The van der Waals surface area contributed by atoms with Gasteiger partial charge in [-0.3, -0.25) is 9.48 Å². The van der Waals surface area contributed by atoms with Crippen LogP contribution in [-0.2, 0) is 13.0 Å². The fourth-order valence-corrected chi connectivity index (χ4v) is 3.61. The van der Waals surface area contributed by atoms with E-state index in [1.165, 1.54) is 11.3 Å². The van der Waals surface area contributed by atoms with Gasteiger partial charge in [-0.2, -0.15) is 0 Å². The third-order valence-corrected chi connectivity index (χ3v) is 4.69. The summed E-state index contributed by atoms with van der Waals surface area (Å²) in [6, 6.07) is 0. The molecule has 1 fully saturated rings. The van der Waals surface area contributed by atoms with Gasteiger partial charge in [0.05, 0.1) is 11.2 Å². The average molecular weight is 333 g/mol. The van der Waals surface area contributed by atoms with E-state index in [0.717, 1.165) is 44.6 Å². The predicted octanol–water partition coefficient (Wildman–Crippen LogP) is 2.49. The average Bonchev–Trinajstić information content (AvgIpc) is 3.18. The smallest absolute Gasteiger partial charge is 0.273 e. The van der Waals surface area contributed by atoms with Crippen molar-refractivity contribution >= 4 is 17.2 Å². The fourth-order valence-electron chi connectivity index (χ4n) is 3.08. The van der Waals surface area contributed by atoms with Crippen LogP contribution in [0.3, 0.4) is 0 Å². The van der Waals surface area contributed by atoms with Crippen molar-refractivity contribution in [3.05, 3.63) is 28.5 Å². The highest BCUT2D eigenvalue weighted by molar-refractivity contribution is 7.07. The van der Waals surface area contributed by atoms with Crippen molar-refractivity contribution in [1.82, 2.24) is 24.9 Å². The summed E-state index contributed by atoms with van der Waals surface area (Å²) in [5.41, 5.74) is 3.32. The van der Waals surface area contributed by atoms with Crippen LogP contribution in [-0.4, -0.2) is 43.9 Å². The zero-order valence-electron chi connectivity index (χ0n) is 13.7. The number of amides is 1. The Kier molecular flexibility index (Phi) is 5.05. The molecule has 0 radical (unpaired) electrons. The van der Waals surface area contributed by atoms with Crippen LogP contribution in [0.4, 0.5) is 0 Å². The van der Waals surface area contributed by atoms with Gasteiger partial charge in [0.25, 0.3) is 5.91 Å². The minimum Gasteiger partial charge on any atom is -0.337 e. The first-order valence-electron chi connectivity index (χ1n) is 8.18. The molecule has 3 heterocycles. The first-order valence-corrected chi connectivity index (χ1v) is 9.12. The minimum absolute atomic E-state index is 0.0510. The molecule has 124 valence electrons. The van der Waals surface area contributed by atoms with Gasteiger partial charge >= 0.3 is 0 Å². The molecule has 0 bridgehead atoms. The molecular formula is C16H23N5OS. The molecule has 6 nitrogen and oxygen atoms in total. The van der Waals surface area contributed by atoms with Crippen LogP contribution in [0.15, 0.2) is 17.1 Å². The Hall–Kier alpha value is -1.76. The van der Waals surface area contributed by atoms with Gasteiger partial charge in [0.15, 0.2) is 0 Å². The highest BCUT2D eigenvalue weighted by Gasteiger charge is 2.25. The number of hydrogen-bond donors (Lipinski definition) is 0. The summed E-state index contributed by atoms with van der Waals surface area (Å²) in [6.45, 7) is 6.79. The summed E-state index contributed by atoms with van der Waals surface area (Å²) in [5.74, 6) is 1.07. The van der Waals surface area contributed by atoms with Gasteiger partial charge in [0.1, 0.15) is 5.69 Å². The molecule has 0 unspecified atom stereocenters. The van der Waals surface area contributed by atoms with Crippen LogP contribution in [0.1, 0.15) is 42.9 Å². The van der Waals surface area contributed by atoms with Crippen molar-refractivity contribution in [2.75, 3.05) is 13.1 Å². The highest BCUT2D eigenvalue weighted by atomic mass is 32.1. The zero-order chi connectivity index (χ0) is 16.2. The third kappa shape index (κ3) is 4.16. The molecule has 1 atom stereocenters. The van der Waals surface area contributed by atoms with E-state index in [4.69, 9.17) is 0 Å². The molecule has 1 aliphatic heterocycles. The summed E-state index contributed by atoms with van der Waals surface area (Å²) in [7, 11) is 0. The molecule has 2 aromatic rings. The molecule has 0 spiro atoms. The normalized spacial score (nSPS) is 18.6. The van der Waals surface area contributed by atoms with Crippen molar-refractivity contribution in [3.63, 3.8) is 0 Å². The maximum atomic E-state index is 12.4. The lowest BCUT2D eigenvalue weighted by Crippen LogP contribution is -2.41. The summed E-state index contributed by atoms with van der Waals surface area (Å²) < 4.78 is 1.93. The van der Waals surface area contributed by atoms with Gasteiger partial charge in [-0.25, -0.2) is 4.98 Å². The first-order chi connectivity index (χ1) is 11.1. The largest absolute Gasteiger partial charge is 0.337 e. The van der Waals surface area contributed by atoms with E-state index in [2.05, 4.69) is 29.1 Å². The van der Waals surface area contributed by atoms with Crippen LogP contribution < -0.4 is 0 Å². The maximum Gasteiger partial charge on any atom is 0.273 e. The monoisotopic (exact) mass is 333 g/mol. The van der Waals surface area contributed by atoms with Crippen LogP contribution >= 0.6 is 11.3 Å². The number of hydrogen-bond acceptors (Lipinski definition) is 5. The molecule has 1 aliphatic rings. The second kappa shape index (κ2) is 7.21. The second-order valence-electron chi connectivity index (χ2n) is 6.66. The Labute approximate surface area is 140 Å². The summed E-state index contributed by atoms with van der Waals surface area (Å²) in [4.78, 5) is 18.5. The summed E-state index contributed by atoms with van der Waals surface area (Å²) in [5, 5.41) is 10.3. The summed E-state index contributed by atoms with van der Waals surface area (Å²) >= 11 is 1.46. The number of thiazole rings is 1. The van der Waals surface area contributed by atoms with E-state index >= 15 is 0 Å². The van der Waals surface area contributed by atoms with Gasteiger partial charge in [0.2, 0.25) is 0 Å². The third-order valence-electron chi connectivity index (χ3n) is 4.11. The number of aromatic nitrogens is 4. The molecule has 0 N–H and O–H groups in total. The van der Waals surface area contributed by atoms with E-state index < -0.39 is 0 Å². The molecule has 23 heavy (non-hydrogen) atoms. The number of likely N-dealkylation sites (tertiary alicyclic amines) is 1. The predicted molar refractivity (Wildman–Crippen MR) is 89.3 cm³/mol. The van der Waals surface area contributed by atoms with Gasteiger partial charge in [0, 0.05) is 31.2 Å². The van der Waals surface area contributed by atoms with Gasteiger partial charge in [-0.05, 0) is 31.1 Å². The van der Waals surface area contributed by atoms with Crippen molar-refractivity contribution in [3.8, 4) is 0 Å². The Bertz CT molecular complexity index is 637. The lowest BCUT2D eigenvalue weighted by molar-refractivity contribution is 0.0654. The summed E-state index contributed by atoms with van der Waals surface area (Å²) in [6.07, 6.45) is 5.16. The number of nitrogens with zero attached hydrogens (tertiary/aromatic N) is 5. The molecule has 3 rings (SSSR count). The second-order valence-corrected chi connectivity index (χ2v) is 7.38. The van der Waals surface area contributed by atoms with Crippen molar-refractivity contribution < 1.29 is 4.79 Å².